The summed E-state index contributed by atoms with van der Waals surface area (Å²) in [5.74, 6) is -0.219. The van der Waals surface area contributed by atoms with Crippen LogP contribution in [-0.2, 0) is 13.5 Å². The van der Waals surface area contributed by atoms with Crippen LogP contribution < -0.4 is 4.74 Å². The van der Waals surface area contributed by atoms with Crippen LogP contribution in [0, 0.1) is 0 Å². The highest BCUT2D eigenvalue weighted by Gasteiger charge is 2.17. The molecule has 0 atom stereocenters. The van der Waals surface area contributed by atoms with E-state index in [1.54, 1.807) is 36.7 Å². The van der Waals surface area contributed by atoms with E-state index in [1.165, 1.54) is 0 Å². The summed E-state index contributed by atoms with van der Waals surface area (Å²) in [7, 11) is 3.38. The number of methoxy groups -OCH3 is 1. The van der Waals surface area contributed by atoms with Gasteiger partial charge < -0.3 is 9.84 Å². The van der Waals surface area contributed by atoms with E-state index in [-0.39, 0.29) is 5.69 Å². The van der Waals surface area contributed by atoms with E-state index in [1.807, 2.05) is 12.3 Å². The minimum Gasteiger partial charge on any atom is -0.496 e. The summed E-state index contributed by atoms with van der Waals surface area (Å²) in [4.78, 5) is 12.1. The fourth-order valence-electron chi connectivity index (χ4n) is 2.26. The van der Waals surface area contributed by atoms with Gasteiger partial charge in [-0.3, -0.25) is 4.68 Å². The molecule has 21 heavy (non-hydrogen) atoms. The van der Waals surface area contributed by atoms with Crippen LogP contribution in [0.15, 0.2) is 23.1 Å². The summed E-state index contributed by atoms with van der Waals surface area (Å²) in [5.41, 5.74) is 2.86. The molecule has 0 amide bonds. The van der Waals surface area contributed by atoms with Gasteiger partial charge in [0.05, 0.1) is 12.8 Å². The lowest BCUT2D eigenvalue weighted by Crippen LogP contribution is -2.00. The third-order valence-electron chi connectivity index (χ3n) is 3.36. The van der Waals surface area contributed by atoms with Crippen molar-refractivity contribution in [2.75, 3.05) is 13.4 Å². The predicted molar refractivity (Wildman–Crippen MR) is 83.3 cm³/mol. The maximum Gasteiger partial charge on any atom is 0.356 e. The SMILES string of the molecule is CCc1cc(SC)c(-c2cc(C(=O)O)nn2C)cc1OC. The number of carbonyl (C=O) groups is 1. The van der Waals surface area contributed by atoms with Crippen LogP contribution in [0.1, 0.15) is 23.0 Å². The van der Waals surface area contributed by atoms with Crippen molar-refractivity contribution in [3.8, 4) is 17.0 Å². The number of aromatic nitrogens is 2. The Labute approximate surface area is 127 Å². The third kappa shape index (κ3) is 2.90. The molecule has 0 fully saturated rings. The van der Waals surface area contributed by atoms with Crippen molar-refractivity contribution in [1.82, 2.24) is 9.78 Å². The van der Waals surface area contributed by atoms with Crippen LogP contribution in [-0.4, -0.2) is 34.2 Å². The van der Waals surface area contributed by atoms with Gasteiger partial charge in [0.15, 0.2) is 5.69 Å². The van der Waals surface area contributed by atoms with E-state index >= 15 is 0 Å². The lowest BCUT2D eigenvalue weighted by molar-refractivity contribution is 0.0689. The summed E-state index contributed by atoms with van der Waals surface area (Å²) >= 11 is 1.62. The van der Waals surface area contributed by atoms with Gasteiger partial charge in [0, 0.05) is 17.5 Å². The molecule has 0 saturated carbocycles. The molecule has 0 unspecified atom stereocenters. The Morgan fingerprint density at radius 1 is 1.43 bits per heavy atom. The van der Waals surface area contributed by atoms with Crippen molar-refractivity contribution in [2.24, 2.45) is 7.05 Å². The smallest absolute Gasteiger partial charge is 0.356 e. The molecule has 1 aromatic heterocycles. The van der Waals surface area contributed by atoms with Gasteiger partial charge in [0.2, 0.25) is 0 Å². The molecule has 0 spiro atoms. The van der Waals surface area contributed by atoms with Crippen molar-refractivity contribution in [3.05, 3.63) is 29.5 Å². The predicted octanol–water partition coefficient (Wildman–Crippen LogP) is 3.08. The van der Waals surface area contributed by atoms with Crippen LogP contribution in [0.3, 0.4) is 0 Å². The number of hydrogen-bond acceptors (Lipinski definition) is 4. The summed E-state index contributed by atoms with van der Waals surface area (Å²) in [5, 5.41) is 13.1. The molecule has 112 valence electrons. The Bertz CT molecular complexity index is 680. The molecule has 1 aromatic carbocycles. The van der Waals surface area contributed by atoms with E-state index in [2.05, 4.69) is 18.1 Å². The molecule has 0 saturated heterocycles. The first-order valence-electron chi connectivity index (χ1n) is 6.54. The molecule has 0 aliphatic rings. The number of benzene rings is 1. The van der Waals surface area contributed by atoms with Crippen molar-refractivity contribution in [1.29, 1.82) is 0 Å². The van der Waals surface area contributed by atoms with Crippen molar-refractivity contribution in [2.45, 2.75) is 18.2 Å². The number of nitrogens with zero attached hydrogens (tertiary/aromatic N) is 2. The number of ether oxygens (including phenoxy) is 1. The average Bonchev–Trinajstić information content (AvgIpc) is 2.87. The summed E-state index contributed by atoms with van der Waals surface area (Å²) in [6.07, 6.45) is 2.88. The highest BCUT2D eigenvalue weighted by Crippen LogP contribution is 2.36. The Morgan fingerprint density at radius 3 is 2.62 bits per heavy atom. The molecule has 0 bridgehead atoms. The molecule has 0 aliphatic heterocycles. The number of hydrogen-bond donors (Lipinski definition) is 1. The molecule has 0 aliphatic carbocycles. The monoisotopic (exact) mass is 306 g/mol. The molecule has 6 heteroatoms. The second-order valence-corrected chi connectivity index (χ2v) is 5.41. The molecule has 5 nitrogen and oxygen atoms in total. The zero-order valence-electron chi connectivity index (χ0n) is 12.5. The number of aryl methyl sites for hydroxylation is 2. The highest BCUT2D eigenvalue weighted by atomic mass is 32.2. The number of carboxylic acid groups (broad SMARTS) is 1. The van der Waals surface area contributed by atoms with E-state index in [9.17, 15) is 4.79 Å². The first kappa shape index (κ1) is 15.4. The first-order chi connectivity index (χ1) is 10.0. The van der Waals surface area contributed by atoms with Crippen LogP contribution in [0.25, 0.3) is 11.3 Å². The number of carboxylic acids is 1. The van der Waals surface area contributed by atoms with Gasteiger partial charge >= 0.3 is 5.97 Å². The van der Waals surface area contributed by atoms with Crippen LogP contribution in [0.2, 0.25) is 0 Å². The molecule has 2 rings (SSSR count). The molecule has 0 radical (unpaired) electrons. The minimum atomic E-state index is -1.03. The van der Waals surface area contributed by atoms with Crippen molar-refractivity contribution < 1.29 is 14.6 Å². The van der Waals surface area contributed by atoms with Gasteiger partial charge in [-0.05, 0) is 36.4 Å². The lowest BCUT2D eigenvalue weighted by Gasteiger charge is -2.14. The van der Waals surface area contributed by atoms with Gasteiger partial charge in [0.1, 0.15) is 5.75 Å². The molecule has 2 aromatic rings. The topological polar surface area (TPSA) is 64.3 Å². The first-order valence-corrected chi connectivity index (χ1v) is 7.76. The minimum absolute atomic E-state index is 0.0399. The highest BCUT2D eigenvalue weighted by molar-refractivity contribution is 7.98. The standard InChI is InChI=1S/C15H18N2O3S/c1-5-9-6-14(21-4)10(7-13(9)20-3)12-8-11(15(18)19)16-17(12)2/h6-8H,5H2,1-4H3,(H,18,19). The van der Waals surface area contributed by atoms with Gasteiger partial charge in [0.25, 0.3) is 0 Å². The third-order valence-corrected chi connectivity index (χ3v) is 4.14. The Morgan fingerprint density at radius 2 is 2.14 bits per heavy atom. The fourth-order valence-corrected chi connectivity index (χ4v) is 2.90. The summed E-state index contributed by atoms with van der Waals surface area (Å²) < 4.78 is 7.02. The maximum atomic E-state index is 11.1. The molecule has 1 heterocycles. The summed E-state index contributed by atoms with van der Waals surface area (Å²) in [6.45, 7) is 2.08. The molecule has 1 N–H and O–H groups in total. The molecular formula is C15H18N2O3S. The fraction of sp³-hybridized carbons (Fsp3) is 0.333. The van der Waals surface area contributed by atoms with E-state index in [4.69, 9.17) is 9.84 Å². The second kappa shape index (κ2) is 6.22. The van der Waals surface area contributed by atoms with E-state index in [0.29, 0.717) is 0 Å². The van der Waals surface area contributed by atoms with Crippen LogP contribution in [0.5, 0.6) is 5.75 Å². The van der Waals surface area contributed by atoms with Gasteiger partial charge in [-0.1, -0.05) is 6.92 Å². The zero-order valence-corrected chi connectivity index (χ0v) is 13.3. The Hall–Kier alpha value is -1.95. The Balaban J connectivity index is 2.64. The Kier molecular flexibility index (Phi) is 4.57. The lowest BCUT2D eigenvalue weighted by atomic mass is 10.1. The normalized spacial score (nSPS) is 10.7. The van der Waals surface area contributed by atoms with Crippen LogP contribution >= 0.6 is 11.8 Å². The quantitative estimate of drug-likeness (QED) is 0.860. The van der Waals surface area contributed by atoms with Gasteiger partial charge in [-0.15, -0.1) is 11.8 Å². The number of rotatable bonds is 5. The zero-order chi connectivity index (χ0) is 15.6. The van der Waals surface area contributed by atoms with Crippen molar-refractivity contribution >= 4 is 17.7 Å². The number of aromatic carboxylic acids is 1. The van der Waals surface area contributed by atoms with E-state index in [0.717, 1.165) is 33.9 Å². The molecular weight excluding hydrogens is 288 g/mol. The largest absolute Gasteiger partial charge is 0.496 e. The maximum absolute atomic E-state index is 11.1. The van der Waals surface area contributed by atoms with Crippen molar-refractivity contribution in [3.63, 3.8) is 0 Å². The summed E-state index contributed by atoms with van der Waals surface area (Å²) in [6, 6.07) is 5.63. The van der Waals surface area contributed by atoms with E-state index < -0.39 is 5.97 Å². The van der Waals surface area contributed by atoms with Gasteiger partial charge in [-0.25, -0.2) is 4.79 Å². The van der Waals surface area contributed by atoms with Gasteiger partial charge in [-0.2, -0.15) is 5.10 Å². The second-order valence-electron chi connectivity index (χ2n) is 4.56. The van der Waals surface area contributed by atoms with Crippen LogP contribution in [0.4, 0.5) is 0 Å². The number of thioether (sulfide) groups is 1. The average molecular weight is 306 g/mol.